The number of hydrogen-bond acceptors (Lipinski definition) is 3. The Balaban J connectivity index is 0.00000242. The van der Waals surface area contributed by atoms with E-state index in [1.165, 1.54) is 0 Å². The number of piperidine rings is 1. The number of nitrogens with two attached hydrogens (primary N) is 1. The molecule has 0 aromatic heterocycles. The number of rotatable bonds is 7. The van der Waals surface area contributed by atoms with Gasteiger partial charge in [0, 0.05) is 25.6 Å². The number of nitrogens with zero attached hydrogens (tertiary/aromatic N) is 1. The third-order valence-electron chi connectivity index (χ3n) is 4.51. The van der Waals surface area contributed by atoms with Crippen LogP contribution in [0, 0.1) is 11.8 Å². The lowest BCUT2D eigenvalue weighted by atomic mass is 9.98. The van der Waals surface area contributed by atoms with Gasteiger partial charge in [0.2, 0.25) is 11.8 Å². The van der Waals surface area contributed by atoms with E-state index in [1.807, 2.05) is 0 Å². The van der Waals surface area contributed by atoms with Crippen molar-refractivity contribution >= 4 is 24.2 Å². The Morgan fingerprint density at radius 3 is 2.55 bits per heavy atom. The Hall–Kier alpha value is -0.810. The second kappa shape index (κ2) is 8.73. The molecule has 1 saturated carbocycles. The molecule has 2 unspecified atom stereocenters. The van der Waals surface area contributed by atoms with Crippen molar-refractivity contribution in [2.24, 2.45) is 17.6 Å². The summed E-state index contributed by atoms with van der Waals surface area (Å²) in [6.07, 6.45) is 5.54. The van der Waals surface area contributed by atoms with Gasteiger partial charge < -0.3 is 16.0 Å². The maximum atomic E-state index is 12.7. The summed E-state index contributed by atoms with van der Waals surface area (Å²) in [5, 5.41) is 3.09. The first-order chi connectivity index (χ1) is 10.0. The SMILES string of the molecule is CC(C)CC(C(=O)NC(CN)C1CC1)N1CCCCC1=O.Cl. The van der Waals surface area contributed by atoms with E-state index < -0.39 is 0 Å². The summed E-state index contributed by atoms with van der Waals surface area (Å²) in [4.78, 5) is 26.6. The minimum Gasteiger partial charge on any atom is -0.350 e. The Kier molecular flexibility index (Phi) is 7.63. The molecule has 1 aliphatic heterocycles. The lowest BCUT2D eigenvalue weighted by molar-refractivity contribution is -0.143. The molecule has 0 spiro atoms. The topological polar surface area (TPSA) is 75.4 Å². The smallest absolute Gasteiger partial charge is 0.243 e. The minimum atomic E-state index is -0.328. The molecule has 2 atom stereocenters. The van der Waals surface area contributed by atoms with Crippen LogP contribution in [0.15, 0.2) is 0 Å². The number of amides is 2. The second-order valence-electron chi connectivity index (χ2n) is 6.88. The molecule has 0 aromatic rings. The predicted molar refractivity (Wildman–Crippen MR) is 89.8 cm³/mol. The van der Waals surface area contributed by atoms with Crippen molar-refractivity contribution in [3.05, 3.63) is 0 Å². The maximum absolute atomic E-state index is 12.7. The molecule has 0 bridgehead atoms. The summed E-state index contributed by atoms with van der Waals surface area (Å²) >= 11 is 0. The van der Waals surface area contributed by atoms with Gasteiger partial charge in [0.25, 0.3) is 0 Å². The third kappa shape index (κ3) is 5.13. The van der Waals surface area contributed by atoms with Crippen molar-refractivity contribution < 1.29 is 9.59 Å². The van der Waals surface area contributed by atoms with Gasteiger partial charge in [-0.15, -0.1) is 12.4 Å². The average Bonchev–Trinajstić information content (AvgIpc) is 3.27. The first-order valence-corrected chi connectivity index (χ1v) is 8.32. The van der Waals surface area contributed by atoms with Crippen LogP contribution in [0.3, 0.4) is 0 Å². The molecule has 2 fully saturated rings. The second-order valence-corrected chi connectivity index (χ2v) is 6.88. The van der Waals surface area contributed by atoms with Crippen LogP contribution < -0.4 is 11.1 Å². The van der Waals surface area contributed by atoms with E-state index in [9.17, 15) is 9.59 Å². The molecule has 2 rings (SSSR count). The molecule has 1 saturated heterocycles. The van der Waals surface area contributed by atoms with Gasteiger partial charge in [-0.05, 0) is 43.9 Å². The normalized spacial score (nSPS) is 21.3. The number of hydrogen-bond donors (Lipinski definition) is 2. The van der Waals surface area contributed by atoms with Gasteiger partial charge in [0.1, 0.15) is 6.04 Å². The van der Waals surface area contributed by atoms with Crippen molar-refractivity contribution in [1.29, 1.82) is 0 Å². The van der Waals surface area contributed by atoms with Crippen LogP contribution in [0.2, 0.25) is 0 Å². The highest BCUT2D eigenvalue weighted by atomic mass is 35.5. The molecule has 3 N–H and O–H groups in total. The van der Waals surface area contributed by atoms with Crippen molar-refractivity contribution in [3.63, 3.8) is 0 Å². The Labute approximate surface area is 139 Å². The van der Waals surface area contributed by atoms with E-state index in [-0.39, 0.29) is 36.3 Å². The van der Waals surface area contributed by atoms with Crippen LogP contribution in [0.4, 0.5) is 0 Å². The molecule has 2 aliphatic rings. The highest BCUT2D eigenvalue weighted by Gasteiger charge is 2.36. The van der Waals surface area contributed by atoms with Crippen LogP contribution >= 0.6 is 12.4 Å². The largest absolute Gasteiger partial charge is 0.350 e. The summed E-state index contributed by atoms with van der Waals surface area (Å²) in [6.45, 7) is 5.38. The summed E-state index contributed by atoms with van der Waals surface area (Å²) in [5.41, 5.74) is 5.77. The van der Waals surface area contributed by atoms with Crippen LogP contribution in [0.25, 0.3) is 0 Å². The van der Waals surface area contributed by atoms with Crippen LogP contribution in [-0.4, -0.2) is 41.9 Å². The maximum Gasteiger partial charge on any atom is 0.243 e. The molecule has 1 heterocycles. The fraction of sp³-hybridized carbons (Fsp3) is 0.875. The summed E-state index contributed by atoms with van der Waals surface area (Å²) in [7, 11) is 0. The van der Waals surface area contributed by atoms with Crippen LogP contribution in [0.5, 0.6) is 0 Å². The Bertz CT molecular complexity index is 386. The van der Waals surface area contributed by atoms with Gasteiger partial charge in [0.15, 0.2) is 0 Å². The number of carbonyl (C=O) groups excluding carboxylic acids is 2. The zero-order chi connectivity index (χ0) is 15.4. The molecule has 0 aromatic carbocycles. The summed E-state index contributed by atoms with van der Waals surface area (Å²) in [5.74, 6) is 1.03. The highest BCUT2D eigenvalue weighted by Crippen LogP contribution is 2.32. The average molecular weight is 332 g/mol. The van der Waals surface area contributed by atoms with Gasteiger partial charge in [-0.2, -0.15) is 0 Å². The lowest BCUT2D eigenvalue weighted by Crippen LogP contribution is -2.55. The Morgan fingerprint density at radius 2 is 2.05 bits per heavy atom. The fourth-order valence-corrected chi connectivity index (χ4v) is 3.13. The minimum absolute atomic E-state index is 0. The number of nitrogens with one attached hydrogen (secondary N) is 1. The Morgan fingerprint density at radius 1 is 1.36 bits per heavy atom. The summed E-state index contributed by atoms with van der Waals surface area (Å²) < 4.78 is 0. The third-order valence-corrected chi connectivity index (χ3v) is 4.51. The number of carbonyl (C=O) groups is 2. The van der Waals surface area contributed by atoms with Crippen molar-refractivity contribution in [3.8, 4) is 0 Å². The molecule has 5 nitrogen and oxygen atoms in total. The van der Waals surface area contributed by atoms with E-state index in [2.05, 4.69) is 19.2 Å². The molecule has 1 aliphatic carbocycles. The van der Waals surface area contributed by atoms with Crippen LogP contribution in [-0.2, 0) is 9.59 Å². The van der Waals surface area contributed by atoms with E-state index >= 15 is 0 Å². The molecular weight excluding hydrogens is 302 g/mol. The van der Waals surface area contributed by atoms with Gasteiger partial charge >= 0.3 is 0 Å². The van der Waals surface area contributed by atoms with Crippen molar-refractivity contribution in [1.82, 2.24) is 10.2 Å². The van der Waals surface area contributed by atoms with E-state index in [4.69, 9.17) is 5.73 Å². The zero-order valence-electron chi connectivity index (χ0n) is 13.7. The molecule has 22 heavy (non-hydrogen) atoms. The van der Waals surface area contributed by atoms with E-state index in [0.29, 0.717) is 31.3 Å². The highest BCUT2D eigenvalue weighted by molar-refractivity contribution is 5.88. The zero-order valence-corrected chi connectivity index (χ0v) is 14.5. The van der Waals surface area contributed by atoms with Gasteiger partial charge in [-0.1, -0.05) is 13.8 Å². The van der Waals surface area contributed by atoms with Gasteiger partial charge in [-0.25, -0.2) is 0 Å². The van der Waals surface area contributed by atoms with Crippen molar-refractivity contribution in [2.75, 3.05) is 13.1 Å². The monoisotopic (exact) mass is 331 g/mol. The molecule has 0 radical (unpaired) electrons. The first-order valence-electron chi connectivity index (χ1n) is 8.32. The predicted octanol–water partition coefficient (Wildman–Crippen LogP) is 1.69. The molecule has 6 heteroatoms. The quantitative estimate of drug-likeness (QED) is 0.745. The standard InChI is InChI=1S/C16H29N3O2.ClH/c1-11(2)9-14(19-8-4-3-5-15(19)20)16(21)18-13(10-17)12-6-7-12;/h11-14H,3-10,17H2,1-2H3,(H,18,21);1H. The molecule has 2 amide bonds. The van der Waals surface area contributed by atoms with E-state index in [0.717, 1.165) is 32.1 Å². The first kappa shape index (κ1) is 19.2. The molecule has 128 valence electrons. The van der Waals surface area contributed by atoms with Crippen LogP contribution in [0.1, 0.15) is 52.4 Å². The summed E-state index contributed by atoms with van der Waals surface area (Å²) in [6, 6.07) is -0.252. The van der Waals surface area contributed by atoms with E-state index in [1.54, 1.807) is 4.90 Å². The van der Waals surface area contributed by atoms with Gasteiger partial charge in [0.05, 0.1) is 0 Å². The number of likely N-dealkylation sites (tertiary alicyclic amines) is 1. The molecular formula is C16H30ClN3O2. The van der Waals surface area contributed by atoms with Gasteiger partial charge in [-0.3, -0.25) is 9.59 Å². The van der Waals surface area contributed by atoms with Crippen molar-refractivity contribution in [2.45, 2.75) is 64.5 Å². The lowest BCUT2D eigenvalue weighted by Gasteiger charge is -2.35. The fourth-order valence-electron chi connectivity index (χ4n) is 3.13. The number of halogens is 1.